The Labute approximate surface area is 87.1 Å². The van der Waals surface area contributed by atoms with E-state index >= 15 is 0 Å². The Balaban J connectivity index is 2.65. The van der Waals surface area contributed by atoms with Gasteiger partial charge in [0.1, 0.15) is 0 Å². The van der Waals surface area contributed by atoms with Crippen molar-refractivity contribution in [3.63, 3.8) is 0 Å². The molecule has 78 valence electrons. The fourth-order valence-corrected chi connectivity index (χ4v) is 3.60. The lowest BCUT2D eigenvalue weighted by Crippen LogP contribution is -2.51. The van der Waals surface area contributed by atoms with Crippen LogP contribution in [0.4, 0.5) is 0 Å². The van der Waals surface area contributed by atoms with Crippen LogP contribution in [0.1, 0.15) is 40.0 Å². The minimum Gasteiger partial charge on any atom is -0.313 e. The van der Waals surface area contributed by atoms with Crippen molar-refractivity contribution < 1.29 is 0 Å². The molecule has 1 aliphatic rings. The molecule has 1 nitrogen and oxygen atoms in total. The molecule has 2 unspecified atom stereocenters. The largest absolute Gasteiger partial charge is 0.313 e. The summed E-state index contributed by atoms with van der Waals surface area (Å²) in [5.74, 6) is 0. The average molecular weight is 201 g/mol. The molecule has 13 heavy (non-hydrogen) atoms. The molecule has 0 bridgehead atoms. The summed E-state index contributed by atoms with van der Waals surface area (Å²) in [5, 5.41) is 4.48. The molecule has 0 heterocycles. The van der Waals surface area contributed by atoms with Gasteiger partial charge in [0.15, 0.2) is 0 Å². The van der Waals surface area contributed by atoms with E-state index in [1.54, 1.807) is 0 Å². The summed E-state index contributed by atoms with van der Waals surface area (Å²) < 4.78 is 0. The van der Waals surface area contributed by atoms with E-state index in [0.717, 1.165) is 11.8 Å². The molecular formula is C11H23NS. The van der Waals surface area contributed by atoms with Gasteiger partial charge in [-0.1, -0.05) is 27.2 Å². The lowest BCUT2D eigenvalue weighted by molar-refractivity contribution is 0.177. The van der Waals surface area contributed by atoms with E-state index in [-0.39, 0.29) is 0 Å². The molecule has 0 aliphatic heterocycles. The topological polar surface area (TPSA) is 12.0 Å². The highest BCUT2D eigenvalue weighted by molar-refractivity contribution is 7.99. The van der Waals surface area contributed by atoms with Crippen LogP contribution in [0.2, 0.25) is 0 Å². The van der Waals surface area contributed by atoms with Crippen molar-refractivity contribution in [2.24, 2.45) is 5.41 Å². The fraction of sp³-hybridized carbons (Fsp3) is 1.00. The fourth-order valence-electron chi connectivity index (χ4n) is 2.47. The highest BCUT2D eigenvalue weighted by Gasteiger charge is 2.37. The normalized spacial score (nSPS) is 33.2. The standard InChI is InChI=1S/C11H23NS/c1-5-12-10-9(13-4)7-6-8-11(10,2)3/h9-10,12H,5-8H2,1-4H3. The van der Waals surface area contributed by atoms with Crippen LogP contribution in [0.3, 0.4) is 0 Å². The van der Waals surface area contributed by atoms with Gasteiger partial charge in [-0.3, -0.25) is 0 Å². The Morgan fingerprint density at radius 3 is 2.69 bits per heavy atom. The number of hydrogen-bond acceptors (Lipinski definition) is 2. The summed E-state index contributed by atoms with van der Waals surface area (Å²) in [6.07, 6.45) is 6.42. The first-order valence-corrected chi connectivity index (χ1v) is 6.66. The molecule has 1 N–H and O–H groups in total. The summed E-state index contributed by atoms with van der Waals surface area (Å²) in [6.45, 7) is 8.12. The van der Waals surface area contributed by atoms with Crippen LogP contribution in [0.25, 0.3) is 0 Å². The van der Waals surface area contributed by atoms with Crippen LogP contribution < -0.4 is 5.32 Å². The summed E-state index contributed by atoms with van der Waals surface area (Å²) in [7, 11) is 0. The van der Waals surface area contributed by atoms with Crippen molar-refractivity contribution in [2.45, 2.75) is 51.3 Å². The first-order chi connectivity index (χ1) is 6.11. The van der Waals surface area contributed by atoms with Crippen LogP contribution in [0, 0.1) is 5.41 Å². The van der Waals surface area contributed by atoms with Crippen LogP contribution >= 0.6 is 11.8 Å². The van der Waals surface area contributed by atoms with Crippen molar-refractivity contribution in [1.29, 1.82) is 0 Å². The van der Waals surface area contributed by atoms with Crippen LogP contribution in [-0.4, -0.2) is 24.1 Å². The molecule has 0 spiro atoms. The molecule has 1 aliphatic carbocycles. The van der Waals surface area contributed by atoms with E-state index in [0.29, 0.717) is 11.5 Å². The highest BCUT2D eigenvalue weighted by Crippen LogP contribution is 2.39. The maximum Gasteiger partial charge on any atom is 0.0237 e. The zero-order valence-electron chi connectivity index (χ0n) is 9.39. The predicted octanol–water partition coefficient (Wildman–Crippen LogP) is 2.91. The Morgan fingerprint density at radius 2 is 2.15 bits per heavy atom. The Morgan fingerprint density at radius 1 is 1.46 bits per heavy atom. The maximum absolute atomic E-state index is 3.65. The SMILES string of the molecule is CCNC1C(SC)CCCC1(C)C. The molecule has 0 aromatic heterocycles. The minimum absolute atomic E-state index is 0.488. The van der Waals surface area contributed by atoms with Crippen molar-refractivity contribution in [3.05, 3.63) is 0 Å². The van der Waals surface area contributed by atoms with E-state index in [9.17, 15) is 0 Å². The van der Waals surface area contributed by atoms with Gasteiger partial charge in [0.2, 0.25) is 0 Å². The predicted molar refractivity (Wildman–Crippen MR) is 62.4 cm³/mol. The molecule has 1 rings (SSSR count). The Kier molecular flexibility index (Phi) is 4.11. The van der Waals surface area contributed by atoms with Gasteiger partial charge in [0, 0.05) is 11.3 Å². The summed E-state index contributed by atoms with van der Waals surface area (Å²) >= 11 is 2.03. The summed E-state index contributed by atoms with van der Waals surface area (Å²) in [5.41, 5.74) is 0.488. The quantitative estimate of drug-likeness (QED) is 0.753. The molecule has 0 radical (unpaired) electrons. The van der Waals surface area contributed by atoms with Crippen molar-refractivity contribution in [3.8, 4) is 0 Å². The van der Waals surface area contributed by atoms with E-state index in [1.807, 2.05) is 11.8 Å². The van der Waals surface area contributed by atoms with Gasteiger partial charge >= 0.3 is 0 Å². The maximum atomic E-state index is 3.65. The lowest BCUT2D eigenvalue weighted by atomic mass is 9.73. The molecule has 1 fully saturated rings. The Hall–Kier alpha value is 0.310. The number of thioether (sulfide) groups is 1. The van der Waals surface area contributed by atoms with Gasteiger partial charge in [-0.2, -0.15) is 11.8 Å². The first-order valence-electron chi connectivity index (χ1n) is 5.38. The average Bonchev–Trinajstić information content (AvgIpc) is 2.08. The molecule has 0 amide bonds. The molecule has 0 saturated heterocycles. The zero-order valence-corrected chi connectivity index (χ0v) is 10.2. The number of nitrogens with one attached hydrogen (secondary N) is 1. The van der Waals surface area contributed by atoms with Gasteiger partial charge in [-0.25, -0.2) is 0 Å². The third kappa shape index (κ3) is 2.63. The minimum atomic E-state index is 0.488. The number of hydrogen-bond donors (Lipinski definition) is 1. The molecule has 0 aromatic rings. The van der Waals surface area contributed by atoms with Crippen LogP contribution in [0.5, 0.6) is 0 Å². The Bertz CT molecular complexity index is 156. The van der Waals surface area contributed by atoms with Gasteiger partial charge in [-0.15, -0.1) is 0 Å². The van der Waals surface area contributed by atoms with Crippen LogP contribution in [0.15, 0.2) is 0 Å². The molecule has 2 heteroatoms. The smallest absolute Gasteiger partial charge is 0.0237 e. The van der Waals surface area contributed by atoms with E-state index < -0.39 is 0 Å². The van der Waals surface area contributed by atoms with Gasteiger partial charge in [0.25, 0.3) is 0 Å². The monoisotopic (exact) mass is 201 g/mol. The third-order valence-electron chi connectivity index (χ3n) is 3.25. The van der Waals surface area contributed by atoms with Gasteiger partial charge < -0.3 is 5.32 Å². The van der Waals surface area contributed by atoms with E-state index in [4.69, 9.17) is 0 Å². The third-order valence-corrected chi connectivity index (χ3v) is 4.36. The molecule has 0 aromatic carbocycles. The highest BCUT2D eigenvalue weighted by atomic mass is 32.2. The van der Waals surface area contributed by atoms with Crippen LogP contribution in [-0.2, 0) is 0 Å². The number of rotatable bonds is 3. The van der Waals surface area contributed by atoms with Crippen molar-refractivity contribution in [1.82, 2.24) is 5.32 Å². The van der Waals surface area contributed by atoms with Gasteiger partial charge in [-0.05, 0) is 31.1 Å². The van der Waals surface area contributed by atoms with Crippen molar-refractivity contribution >= 4 is 11.8 Å². The van der Waals surface area contributed by atoms with Gasteiger partial charge in [0.05, 0.1) is 0 Å². The summed E-state index contributed by atoms with van der Waals surface area (Å²) in [6, 6.07) is 0.709. The molecular weight excluding hydrogens is 178 g/mol. The molecule has 2 atom stereocenters. The van der Waals surface area contributed by atoms with E-state index in [1.165, 1.54) is 19.3 Å². The zero-order chi connectivity index (χ0) is 9.90. The summed E-state index contributed by atoms with van der Waals surface area (Å²) in [4.78, 5) is 0. The molecule has 1 saturated carbocycles. The second kappa shape index (κ2) is 4.70. The second-order valence-corrected chi connectivity index (χ2v) is 5.77. The van der Waals surface area contributed by atoms with E-state index in [2.05, 4.69) is 32.3 Å². The van der Waals surface area contributed by atoms with Crippen molar-refractivity contribution in [2.75, 3.05) is 12.8 Å². The second-order valence-electron chi connectivity index (χ2n) is 4.69. The first kappa shape index (κ1) is 11.4. The lowest BCUT2D eigenvalue weighted by Gasteiger charge is -2.44.